The molecule has 0 aromatic heterocycles. The van der Waals surface area contributed by atoms with Crippen molar-refractivity contribution in [3.63, 3.8) is 0 Å². The lowest BCUT2D eigenvalue weighted by Gasteiger charge is -2.24. The summed E-state index contributed by atoms with van der Waals surface area (Å²) in [6, 6.07) is 0.144. The zero-order chi connectivity index (χ0) is 10.8. The van der Waals surface area contributed by atoms with Crippen molar-refractivity contribution in [2.45, 2.75) is 39.3 Å². The molecule has 4 heteroatoms. The maximum atomic E-state index is 11.7. The zero-order valence-electron chi connectivity index (χ0n) is 8.97. The SMILES string of the molecule is CC1OCCC1NC(=O)C(C)(C)CCl. The predicted molar refractivity (Wildman–Crippen MR) is 56.5 cm³/mol. The second-order valence-electron chi connectivity index (χ2n) is 4.46. The van der Waals surface area contributed by atoms with Crippen LogP contribution in [0.2, 0.25) is 0 Å². The standard InChI is InChI=1S/C10H18ClNO2/c1-7-8(4-5-14-7)12-9(13)10(2,3)6-11/h7-8H,4-6H2,1-3H3,(H,12,13). The summed E-state index contributed by atoms with van der Waals surface area (Å²) in [5.74, 6) is 0.343. The van der Waals surface area contributed by atoms with Crippen LogP contribution in [0.3, 0.4) is 0 Å². The van der Waals surface area contributed by atoms with Crippen LogP contribution in [0.5, 0.6) is 0 Å². The Morgan fingerprint density at radius 1 is 1.64 bits per heavy atom. The third-order valence-corrected chi connectivity index (χ3v) is 3.31. The number of alkyl halides is 1. The Hall–Kier alpha value is -0.280. The Morgan fingerprint density at radius 2 is 2.29 bits per heavy atom. The highest BCUT2D eigenvalue weighted by molar-refractivity contribution is 6.19. The van der Waals surface area contributed by atoms with Gasteiger partial charge < -0.3 is 10.1 Å². The highest BCUT2D eigenvalue weighted by Gasteiger charge is 2.32. The van der Waals surface area contributed by atoms with E-state index in [0.29, 0.717) is 5.88 Å². The fourth-order valence-electron chi connectivity index (χ4n) is 1.35. The van der Waals surface area contributed by atoms with Gasteiger partial charge in [0.15, 0.2) is 0 Å². The van der Waals surface area contributed by atoms with Crippen molar-refractivity contribution in [3.05, 3.63) is 0 Å². The minimum Gasteiger partial charge on any atom is -0.376 e. The van der Waals surface area contributed by atoms with E-state index >= 15 is 0 Å². The number of carbonyl (C=O) groups excluding carboxylic acids is 1. The van der Waals surface area contributed by atoms with E-state index in [1.807, 2.05) is 20.8 Å². The lowest BCUT2D eigenvalue weighted by molar-refractivity contribution is -0.129. The van der Waals surface area contributed by atoms with E-state index in [1.54, 1.807) is 0 Å². The Bertz CT molecular complexity index is 218. The lowest BCUT2D eigenvalue weighted by Crippen LogP contribution is -2.46. The molecule has 1 amide bonds. The van der Waals surface area contributed by atoms with Crippen molar-refractivity contribution in [1.82, 2.24) is 5.32 Å². The average molecular weight is 220 g/mol. The van der Waals surface area contributed by atoms with Crippen LogP contribution in [0.15, 0.2) is 0 Å². The van der Waals surface area contributed by atoms with E-state index in [4.69, 9.17) is 16.3 Å². The lowest BCUT2D eigenvalue weighted by atomic mass is 9.94. The first-order valence-electron chi connectivity index (χ1n) is 4.96. The molecule has 1 N–H and O–H groups in total. The van der Waals surface area contributed by atoms with Crippen LogP contribution in [0.4, 0.5) is 0 Å². The fraction of sp³-hybridized carbons (Fsp3) is 0.900. The minimum atomic E-state index is -0.496. The second kappa shape index (κ2) is 4.49. The molecule has 1 fully saturated rings. The van der Waals surface area contributed by atoms with Crippen LogP contribution in [0, 0.1) is 5.41 Å². The number of hydrogen-bond donors (Lipinski definition) is 1. The molecule has 1 saturated heterocycles. The summed E-state index contributed by atoms with van der Waals surface area (Å²) in [7, 11) is 0. The third-order valence-electron chi connectivity index (χ3n) is 2.64. The summed E-state index contributed by atoms with van der Waals surface area (Å²) >= 11 is 5.72. The number of amides is 1. The predicted octanol–water partition coefficient (Wildman–Crippen LogP) is 1.54. The van der Waals surface area contributed by atoms with E-state index in [0.717, 1.165) is 13.0 Å². The van der Waals surface area contributed by atoms with Crippen LogP contribution >= 0.6 is 11.6 Å². The Morgan fingerprint density at radius 3 is 2.71 bits per heavy atom. The Kier molecular flexibility index (Phi) is 3.78. The van der Waals surface area contributed by atoms with Gasteiger partial charge in [-0.3, -0.25) is 4.79 Å². The van der Waals surface area contributed by atoms with Crippen molar-refractivity contribution in [3.8, 4) is 0 Å². The summed E-state index contributed by atoms with van der Waals surface area (Å²) in [5.41, 5.74) is -0.496. The summed E-state index contributed by atoms with van der Waals surface area (Å²) in [4.78, 5) is 11.7. The fourth-order valence-corrected chi connectivity index (χ4v) is 1.47. The molecule has 0 radical (unpaired) electrons. The van der Waals surface area contributed by atoms with Crippen molar-refractivity contribution in [2.75, 3.05) is 12.5 Å². The molecule has 2 unspecified atom stereocenters. The topological polar surface area (TPSA) is 38.3 Å². The third kappa shape index (κ3) is 2.61. The molecule has 82 valence electrons. The molecule has 0 saturated carbocycles. The first-order valence-corrected chi connectivity index (χ1v) is 5.49. The van der Waals surface area contributed by atoms with Gasteiger partial charge in [0.05, 0.1) is 17.6 Å². The number of hydrogen-bond acceptors (Lipinski definition) is 2. The van der Waals surface area contributed by atoms with Gasteiger partial charge in [0.2, 0.25) is 5.91 Å². The van der Waals surface area contributed by atoms with E-state index in [-0.39, 0.29) is 18.1 Å². The molecule has 1 aliphatic rings. The number of halogens is 1. The molecule has 0 bridgehead atoms. The van der Waals surface area contributed by atoms with Crippen LogP contribution < -0.4 is 5.32 Å². The van der Waals surface area contributed by atoms with Crippen molar-refractivity contribution >= 4 is 17.5 Å². The molecule has 1 rings (SSSR count). The molecule has 0 aromatic rings. The van der Waals surface area contributed by atoms with Crippen molar-refractivity contribution in [2.24, 2.45) is 5.41 Å². The van der Waals surface area contributed by atoms with E-state index in [2.05, 4.69) is 5.32 Å². The molecular weight excluding hydrogens is 202 g/mol. The van der Waals surface area contributed by atoms with Crippen LogP contribution in [0.25, 0.3) is 0 Å². The summed E-state index contributed by atoms with van der Waals surface area (Å²) in [6.45, 7) is 6.39. The van der Waals surface area contributed by atoms with Gasteiger partial charge in [0.25, 0.3) is 0 Å². The minimum absolute atomic E-state index is 0.00912. The molecule has 1 heterocycles. The highest BCUT2D eigenvalue weighted by Crippen LogP contribution is 2.19. The van der Waals surface area contributed by atoms with E-state index < -0.39 is 5.41 Å². The molecule has 1 aliphatic heterocycles. The first kappa shape index (κ1) is 11.8. The monoisotopic (exact) mass is 219 g/mol. The highest BCUT2D eigenvalue weighted by atomic mass is 35.5. The zero-order valence-corrected chi connectivity index (χ0v) is 9.73. The molecule has 3 nitrogen and oxygen atoms in total. The van der Waals surface area contributed by atoms with Gasteiger partial charge in [-0.25, -0.2) is 0 Å². The molecule has 0 spiro atoms. The molecule has 0 aromatic carbocycles. The van der Waals surface area contributed by atoms with Gasteiger partial charge in [-0.1, -0.05) is 0 Å². The van der Waals surface area contributed by atoms with E-state index in [1.165, 1.54) is 0 Å². The molecular formula is C10H18ClNO2. The van der Waals surface area contributed by atoms with Gasteiger partial charge in [0, 0.05) is 12.5 Å². The first-order chi connectivity index (χ1) is 6.47. The van der Waals surface area contributed by atoms with E-state index in [9.17, 15) is 4.79 Å². The van der Waals surface area contributed by atoms with Gasteiger partial charge >= 0.3 is 0 Å². The summed E-state index contributed by atoms with van der Waals surface area (Å²) < 4.78 is 5.36. The average Bonchev–Trinajstić information content (AvgIpc) is 2.52. The summed E-state index contributed by atoms with van der Waals surface area (Å²) in [6.07, 6.45) is 1.01. The van der Waals surface area contributed by atoms with Gasteiger partial charge in [-0.05, 0) is 27.2 Å². The normalized spacial score (nSPS) is 27.7. The number of carbonyl (C=O) groups is 1. The Labute approximate surface area is 90.1 Å². The maximum absolute atomic E-state index is 11.7. The Balaban J connectivity index is 2.48. The molecule has 0 aliphatic carbocycles. The quantitative estimate of drug-likeness (QED) is 0.732. The molecule has 2 atom stereocenters. The van der Waals surface area contributed by atoms with Crippen LogP contribution in [0.1, 0.15) is 27.2 Å². The van der Waals surface area contributed by atoms with Crippen molar-refractivity contribution in [1.29, 1.82) is 0 Å². The van der Waals surface area contributed by atoms with Crippen LogP contribution in [-0.4, -0.2) is 30.5 Å². The smallest absolute Gasteiger partial charge is 0.227 e. The maximum Gasteiger partial charge on any atom is 0.227 e. The van der Waals surface area contributed by atoms with Gasteiger partial charge in [-0.15, -0.1) is 11.6 Å². The number of nitrogens with one attached hydrogen (secondary N) is 1. The van der Waals surface area contributed by atoms with Gasteiger partial charge in [-0.2, -0.15) is 0 Å². The summed E-state index contributed by atoms with van der Waals surface area (Å²) in [5, 5.41) is 2.97. The van der Waals surface area contributed by atoms with Crippen LogP contribution in [-0.2, 0) is 9.53 Å². The van der Waals surface area contributed by atoms with Crippen molar-refractivity contribution < 1.29 is 9.53 Å². The number of ether oxygens (including phenoxy) is 1. The number of rotatable bonds is 3. The van der Waals surface area contributed by atoms with Gasteiger partial charge in [0.1, 0.15) is 0 Å². The largest absolute Gasteiger partial charge is 0.376 e. The second-order valence-corrected chi connectivity index (χ2v) is 4.73. The molecule has 14 heavy (non-hydrogen) atoms.